The number of nitrogens with zero attached hydrogens (tertiary/aromatic N) is 1. The molecule has 1 aliphatic heterocycles. The Bertz CT molecular complexity index is 1600. The van der Waals surface area contributed by atoms with Crippen LogP contribution in [0, 0.1) is 34.5 Å². The molecule has 0 radical (unpaired) electrons. The van der Waals surface area contributed by atoms with Crippen molar-refractivity contribution in [3.8, 4) is 0 Å². The average Bonchev–Trinajstić information content (AvgIpc) is 3.64. The molecule has 1 heterocycles. The van der Waals surface area contributed by atoms with Gasteiger partial charge >= 0.3 is 11.9 Å². The lowest BCUT2D eigenvalue weighted by molar-refractivity contribution is -0.318. The third kappa shape index (κ3) is 7.84. The smallest absolute Gasteiger partial charge is 0.338 e. The van der Waals surface area contributed by atoms with Crippen molar-refractivity contribution in [2.24, 2.45) is 34.5 Å². The zero-order chi connectivity index (χ0) is 43.4. The van der Waals surface area contributed by atoms with E-state index < -0.39 is 58.8 Å². The van der Waals surface area contributed by atoms with Crippen LogP contribution in [-0.4, -0.2) is 123 Å². The number of aliphatic hydroxyl groups is 2. The van der Waals surface area contributed by atoms with E-state index >= 15 is 0 Å². The van der Waals surface area contributed by atoms with E-state index in [1.54, 1.807) is 45.6 Å². The number of methoxy groups -OCH3 is 4. The molecule has 11 heteroatoms. The lowest BCUT2D eigenvalue weighted by Crippen LogP contribution is -2.81. The van der Waals surface area contributed by atoms with E-state index in [2.05, 4.69) is 18.7 Å². The highest BCUT2D eigenvalue weighted by molar-refractivity contribution is 5.89. The molecule has 5 aliphatic carbocycles. The summed E-state index contributed by atoms with van der Waals surface area (Å²) in [5.74, 6) is -2.76. The van der Waals surface area contributed by atoms with Crippen molar-refractivity contribution in [2.45, 2.75) is 184 Å². The van der Waals surface area contributed by atoms with Gasteiger partial charge in [-0.1, -0.05) is 122 Å². The second-order valence-electron chi connectivity index (χ2n) is 19.9. The topological polar surface area (TPSA) is 133 Å². The highest BCUT2D eigenvalue weighted by atomic mass is 16.6. The number of esters is 2. The Morgan fingerprint density at radius 1 is 0.787 bits per heavy atom. The number of carbonyl (C=O) groups excluding carboxylic acids is 2. The van der Waals surface area contributed by atoms with Gasteiger partial charge in [0.25, 0.3) is 0 Å². The first-order chi connectivity index (χ1) is 29.6. The second kappa shape index (κ2) is 20.0. The van der Waals surface area contributed by atoms with E-state index in [0.29, 0.717) is 18.6 Å². The SMILES string of the molecule is CCCCCCCCCCCCCCCCCC(=O)O[C@@]12C3C(OC)C4[C@]5(COC)CC[C@H](OC)[C@]4(C4C[C@@](O)(C(OC(=O)c6ccccc6)C41)[C@@H](OC)C2O)C3N(CC)C5. The zero-order valence-corrected chi connectivity index (χ0v) is 38.3. The Morgan fingerprint density at radius 2 is 1.41 bits per heavy atom. The maximum Gasteiger partial charge on any atom is 0.338 e. The van der Waals surface area contributed by atoms with E-state index in [4.69, 9.17) is 28.4 Å². The summed E-state index contributed by atoms with van der Waals surface area (Å²) in [6, 6.07) is 8.57. The highest BCUT2D eigenvalue weighted by Gasteiger charge is 2.91. The van der Waals surface area contributed by atoms with Crippen LogP contribution in [0.3, 0.4) is 0 Å². The predicted molar refractivity (Wildman–Crippen MR) is 233 cm³/mol. The monoisotopic (exact) mass is 854 g/mol. The fourth-order valence-corrected chi connectivity index (χ4v) is 15.0. The quantitative estimate of drug-likeness (QED) is 0.0735. The number of ether oxygens (including phenoxy) is 6. The van der Waals surface area contributed by atoms with Crippen LogP contribution in [0.15, 0.2) is 30.3 Å². The van der Waals surface area contributed by atoms with Crippen LogP contribution in [0.2, 0.25) is 0 Å². The normalized spacial score (nSPS) is 39.3. The molecule has 344 valence electrons. The molecule has 0 aromatic heterocycles. The molecule has 0 amide bonds. The number of fused-ring (bicyclic) bond motifs is 2. The van der Waals surface area contributed by atoms with Crippen molar-refractivity contribution in [1.82, 2.24) is 4.90 Å². The van der Waals surface area contributed by atoms with Gasteiger partial charge in [0.15, 0.2) is 5.60 Å². The van der Waals surface area contributed by atoms with Gasteiger partial charge in [-0.2, -0.15) is 0 Å². The summed E-state index contributed by atoms with van der Waals surface area (Å²) in [5, 5.41) is 26.1. The van der Waals surface area contributed by atoms with Crippen LogP contribution in [0.4, 0.5) is 0 Å². The molecule has 14 atom stereocenters. The van der Waals surface area contributed by atoms with E-state index in [-0.39, 0.29) is 48.2 Å². The highest BCUT2D eigenvalue weighted by Crippen LogP contribution is 2.80. The number of rotatable bonds is 25. The molecule has 61 heavy (non-hydrogen) atoms. The number of hydrogen-bond donors (Lipinski definition) is 2. The summed E-state index contributed by atoms with van der Waals surface area (Å²) in [4.78, 5) is 31.2. The van der Waals surface area contributed by atoms with Crippen LogP contribution in [0.25, 0.3) is 0 Å². The Hall–Kier alpha value is -2.12. The Kier molecular flexibility index (Phi) is 15.3. The third-order valence-electron chi connectivity index (χ3n) is 17.0. The van der Waals surface area contributed by atoms with Gasteiger partial charge in [-0.3, -0.25) is 9.69 Å². The number of benzene rings is 1. The molecule has 6 aliphatic rings. The number of hydrogen-bond acceptors (Lipinski definition) is 11. The second-order valence-corrected chi connectivity index (χ2v) is 19.9. The number of unbranched alkanes of at least 4 members (excludes halogenated alkanes) is 14. The Balaban J connectivity index is 1.16. The predicted octanol–water partition coefficient (Wildman–Crippen LogP) is 7.92. The molecule has 11 nitrogen and oxygen atoms in total. The summed E-state index contributed by atoms with van der Waals surface area (Å²) >= 11 is 0. The maximum atomic E-state index is 14.6. The molecule has 1 spiro atoms. The largest absolute Gasteiger partial charge is 0.455 e. The number of piperidine rings is 1. The van der Waals surface area contributed by atoms with E-state index in [1.165, 1.54) is 77.7 Å². The van der Waals surface area contributed by atoms with Crippen molar-refractivity contribution in [2.75, 3.05) is 48.1 Å². The lowest BCUT2D eigenvalue weighted by atomic mass is 9.43. The van der Waals surface area contributed by atoms with Crippen LogP contribution in [0.1, 0.15) is 146 Å². The van der Waals surface area contributed by atoms with E-state index in [0.717, 1.165) is 45.2 Å². The van der Waals surface area contributed by atoms with E-state index in [9.17, 15) is 19.8 Å². The minimum Gasteiger partial charge on any atom is -0.455 e. The molecule has 6 fully saturated rings. The van der Waals surface area contributed by atoms with Crippen LogP contribution >= 0.6 is 0 Å². The first-order valence-electron chi connectivity index (χ1n) is 24.3. The Morgan fingerprint density at radius 3 is 1.97 bits per heavy atom. The maximum absolute atomic E-state index is 14.6. The average molecular weight is 854 g/mol. The van der Waals surface area contributed by atoms with Gasteiger partial charge in [0.2, 0.25) is 0 Å². The van der Waals surface area contributed by atoms with E-state index in [1.807, 2.05) is 6.07 Å². The molecule has 1 aromatic rings. The van der Waals surface area contributed by atoms with Crippen molar-refractivity contribution in [3.63, 3.8) is 0 Å². The minimum absolute atomic E-state index is 0.107. The van der Waals surface area contributed by atoms with Gasteiger partial charge in [-0.25, -0.2) is 4.79 Å². The van der Waals surface area contributed by atoms with Gasteiger partial charge in [0.1, 0.15) is 23.9 Å². The first-order valence-corrected chi connectivity index (χ1v) is 24.3. The summed E-state index contributed by atoms with van der Waals surface area (Å²) in [5.41, 5.74) is -3.96. The van der Waals surface area contributed by atoms with Crippen molar-refractivity contribution >= 4 is 11.9 Å². The van der Waals surface area contributed by atoms with Gasteiger partial charge in [0.05, 0.1) is 24.4 Å². The van der Waals surface area contributed by atoms with Crippen molar-refractivity contribution < 1.29 is 48.2 Å². The summed E-state index contributed by atoms with van der Waals surface area (Å²) in [7, 11) is 6.74. The third-order valence-corrected chi connectivity index (χ3v) is 17.0. The van der Waals surface area contributed by atoms with Gasteiger partial charge in [-0.05, 0) is 50.3 Å². The standard InChI is InChI=1S/C50H79NO10/c1-7-9-10-11-12-13-14-15-16-17-18-19-20-21-25-28-37(52)61-50-38-35(31-48(55,45(59-6)43(50)53)44(38)60-46(54)34-26-23-22-24-27-34)49-36(57-4)29-30-47(33-56-3)32-51(8-2)42(49)39(50)40(58-5)41(47)49/h22-24,26-27,35-36,38-45,53,55H,7-21,25,28-33H2,1-6H3/t35?,36-,38?,39?,40?,41?,42?,43?,44?,45-,47+,48+,49-,50+/m0/s1. The van der Waals surface area contributed by atoms with Gasteiger partial charge in [0, 0.05) is 76.0 Å². The molecule has 2 N–H and O–H groups in total. The van der Waals surface area contributed by atoms with Crippen molar-refractivity contribution in [3.05, 3.63) is 35.9 Å². The number of aliphatic hydroxyl groups excluding tert-OH is 1. The van der Waals surface area contributed by atoms with Crippen LogP contribution in [0.5, 0.6) is 0 Å². The fraction of sp³-hybridized carbons (Fsp3) is 0.840. The lowest BCUT2D eigenvalue weighted by Gasteiger charge is -2.69. The zero-order valence-electron chi connectivity index (χ0n) is 38.3. The van der Waals surface area contributed by atoms with Crippen LogP contribution in [-0.2, 0) is 33.2 Å². The molecular formula is C50H79NO10. The Labute approximate surface area is 366 Å². The molecule has 8 unspecified atom stereocenters. The first kappa shape index (κ1) is 46.9. The molecule has 5 saturated carbocycles. The minimum atomic E-state index is -1.77. The molecular weight excluding hydrogens is 775 g/mol. The fourth-order valence-electron chi connectivity index (χ4n) is 15.0. The summed E-state index contributed by atoms with van der Waals surface area (Å²) in [6.07, 6.45) is 16.0. The van der Waals surface area contributed by atoms with Crippen molar-refractivity contribution in [1.29, 1.82) is 0 Å². The summed E-state index contributed by atoms with van der Waals surface area (Å²) in [6.45, 7) is 6.42. The van der Waals surface area contributed by atoms with Gasteiger partial charge in [-0.15, -0.1) is 0 Å². The molecule has 7 rings (SSSR count). The molecule has 1 saturated heterocycles. The van der Waals surface area contributed by atoms with Gasteiger partial charge < -0.3 is 38.6 Å². The number of likely N-dealkylation sites (tertiary alicyclic amines) is 1. The van der Waals surface area contributed by atoms with Crippen LogP contribution < -0.4 is 0 Å². The molecule has 7 bridgehead atoms. The molecule has 1 aromatic carbocycles. The summed E-state index contributed by atoms with van der Waals surface area (Å²) < 4.78 is 39.1. The number of carbonyl (C=O) groups is 2.